The zero-order valence-corrected chi connectivity index (χ0v) is 22.8. The van der Waals surface area contributed by atoms with Gasteiger partial charge < -0.3 is 4.90 Å². The molecule has 0 bridgehead atoms. The van der Waals surface area contributed by atoms with Crippen LogP contribution in [0.3, 0.4) is 0 Å². The number of fused-ring (bicyclic) bond motifs is 1. The number of aryl methyl sites for hydroxylation is 2. The van der Waals surface area contributed by atoms with Gasteiger partial charge in [-0.15, -0.1) is 11.3 Å². The van der Waals surface area contributed by atoms with Gasteiger partial charge in [0, 0.05) is 35.7 Å². The zero-order valence-electron chi connectivity index (χ0n) is 20.4. The number of nitrogens with zero attached hydrogens (tertiary/aromatic N) is 4. The number of carbonyl (C=O) groups is 1. The Bertz CT molecular complexity index is 1450. The van der Waals surface area contributed by atoms with E-state index in [9.17, 15) is 18.0 Å². The van der Waals surface area contributed by atoms with Crippen molar-refractivity contribution >= 4 is 54.8 Å². The zero-order chi connectivity index (χ0) is 25.7. The van der Waals surface area contributed by atoms with Gasteiger partial charge >= 0.3 is 0 Å². The summed E-state index contributed by atoms with van der Waals surface area (Å²) in [7, 11) is -2.29. The minimum Gasteiger partial charge on any atom is -0.314 e. The molecule has 188 valence electrons. The van der Waals surface area contributed by atoms with Crippen LogP contribution in [0.5, 0.6) is 0 Å². The summed E-state index contributed by atoms with van der Waals surface area (Å²) in [6, 6.07) is 5.24. The summed E-state index contributed by atoms with van der Waals surface area (Å²) in [4.78, 5) is 33.2. The molecule has 35 heavy (non-hydrogen) atoms. The predicted octanol–water partition coefficient (Wildman–Crippen LogP) is 4.06. The van der Waals surface area contributed by atoms with Crippen molar-refractivity contribution in [3.8, 4) is 0 Å². The molecule has 1 aliphatic rings. The number of anilines is 1. The molecule has 1 aliphatic heterocycles. The number of hydrogen-bond acceptors (Lipinski definition) is 6. The summed E-state index contributed by atoms with van der Waals surface area (Å²) >= 11 is 7.28. The summed E-state index contributed by atoms with van der Waals surface area (Å²) < 4.78 is 30.0. The molecule has 0 radical (unpaired) electrons. The van der Waals surface area contributed by atoms with Gasteiger partial charge in [-0.25, -0.2) is 13.4 Å². The van der Waals surface area contributed by atoms with Gasteiger partial charge in [-0.3, -0.25) is 14.2 Å². The van der Waals surface area contributed by atoms with Crippen molar-refractivity contribution in [2.24, 2.45) is 11.8 Å². The van der Waals surface area contributed by atoms with Crippen LogP contribution in [0.15, 0.2) is 34.2 Å². The van der Waals surface area contributed by atoms with Gasteiger partial charge in [0.15, 0.2) is 0 Å². The Kier molecular flexibility index (Phi) is 7.11. The summed E-state index contributed by atoms with van der Waals surface area (Å²) in [5, 5.41) is 0.547. The SMILES string of the molecule is Cc1ccc(Cl)cc1N(C)C(=O)Cn1cnc2sc(C)c(S(=O)(=O)N3C[C@@H](C)C[C@H](C)C3)c2c1=O. The van der Waals surface area contributed by atoms with Gasteiger partial charge in [0.2, 0.25) is 15.9 Å². The van der Waals surface area contributed by atoms with Crippen LogP contribution in [0, 0.1) is 25.7 Å². The third-order valence-corrected chi connectivity index (χ3v) is 9.83. The highest BCUT2D eigenvalue weighted by atomic mass is 35.5. The fourth-order valence-corrected chi connectivity index (χ4v) is 8.31. The average Bonchev–Trinajstić information content (AvgIpc) is 3.13. The molecule has 11 heteroatoms. The van der Waals surface area contributed by atoms with Crippen molar-refractivity contribution in [1.82, 2.24) is 13.9 Å². The lowest BCUT2D eigenvalue weighted by Gasteiger charge is -2.34. The second-order valence-electron chi connectivity index (χ2n) is 9.50. The number of sulfonamides is 1. The van der Waals surface area contributed by atoms with E-state index in [2.05, 4.69) is 4.98 Å². The number of rotatable bonds is 5. The second-order valence-corrected chi connectivity index (χ2v) is 13.0. The number of likely N-dealkylation sites (N-methyl/N-ethyl adjacent to an activating group) is 1. The summed E-state index contributed by atoms with van der Waals surface area (Å²) in [6.07, 6.45) is 2.27. The highest BCUT2D eigenvalue weighted by Crippen LogP contribution is 2.35. The quantitative estimate of drug-likeness (QED) is 0.490. The topological polar surface area (TPSA) is 92.6 Å². The molecule has 0 unspecified atom stereocenters. The summed E-state index contributed by atoms with van der Waals surface area (Å²) in [6.45, 7) is 8.18. The third-order valence-electron chi connectivity index (χ3n) is 6.45. The number of thiophene rings is 1. The van der Waals surface area contributed by atoms with E-state index < -0.39 is 15.6 Å². The lowest BCUT2D eigenvalue weighted by molar-refractivity contribution is -0.118. The van der Waals surface area contributed by atoms with Gasteiger partial charge in [-0.2, -0.15) is 4.31 Å². The standard InChI is InChI=1S/C24H29ClN4O4S2/c1-14-8-15(2)11-29(10-14)35(32,33)22-17(4)34-23-21(22)24(31)28(13-26-23)12-20(30)27(5)19-9-18(25)7-6-16(19)3/h6-7,9,13-15H,8,10-12H2,1-5H3/t14-,15-/m0/s1. The van der Waals surface area contributed by atoms with Crippen LogP contribution in [0.2, 0.25) is 5.02 Å². The first-order valence-electron chi connectivity index (χ1n) is 11.4. The molecule has 3 heterocycles. The molecule has 8 nitrogen and oxygen atoms in total. The van der Waals surface area contributed by atoms with Gasteiger partial charge in [0.05, 0.1) is 11.7 Å². The van der Waals surface area contributed by atoms with Gasteiger partial charge in [0.25, 0.3) is 5.56 Å². The van der Waals surface area contributed by atoms with E-state index in [1.165, 1.54) is 31.4 Å². The smallest absolute Gasteiger partial charge is 0.263 e. The number of benzene rings is 1. The van der Waals surface area contributed by atoms with Crippen molar-refractivity contribution in [3.05, 3.63) is 50.3 Å². The van der Waals surface area contributed by atoms with E-state index in [0.717, 1.165) is 12.0 Å². The molecule has 2 atom stereocenters. The molecular weight excluding hydrogens is 508 g/mol. The van der Waals surface area contributed by atoms with Crippen LogP contribution in [0.25, 0.3) is 10.2 Å². The first-order chi connectivity index (χ1) is 16.4. The number of piperidine rings is 1. The molecule has 0 aliphatic carbocycles. The maximum Gasteiger partial charge on any atom is 0.263 e. The summed E-state index contributed by atoms with van der Waals surface area (Å²) in [5.74, 6) is 0.113. The number of aromatic nitrogens is 2. The van der Waals surface area contributed by atoms with E-state index in [1.54, 1.807) is 26.1 Å². The number of carbonyl (C=O) groups excluding carboxylic acids is 1. The van der Waals surface area contributed by atoms with Crippen molar-refractivity contribution in [3.63, 3.8) is 0 Å². The largest absolute Gasteiger partial charge is 0.314 e. The Balaban J connectivity index is 1.73. The third kappa shape index (κ3) is 4.89. The maximum absolute atomic E-state index is 13.7. The number of hydrogen-bond donors (Lipinski definition) is 0. The first-order valence-corrected chi connectivity index (χ1v) is 14.0. The van der Waals surface area contributed by atoms with Crippen molar-refractivity contribution < 1.29 is 13.2 Å². The molecule has 1 fully saturated rings. The lowest BCUT2D eigenvalue weighted by Crippen LogP contribution is -2.43. The van der Waals surface area contributed by atoms with Gasteiger partial charge in [-0.05, 0) is 49.8 Å². The molecule has 0 spiro atoms. The second kappa shape index (κ2) is 9.65. The van der Waals surface area contributed by atoms with Crippen molar-refractivity contribution in [1.29, 1.82) is 0 Å². The summed E-state index contributed by atoms with van der Waals surface area (Å²) in [5.41, 5.74) is 0.950. The Hall–Kier alpha value is -2.27. The molecule has 0 N–H and O–H groups in total. The van der Waals surface area contributed by atoms with E-state index in [4.69, 9.17) is 11.6 Å². The first kappa shape index (κ1) is 25.8. The van der Waals surface area contributed by atoms with E-state index in [-0.39, 0.29) is 34.6 Å². The minimum absolute atomic E-state index is 0.0112. The minimum atomic E-state index is -3.90. The fourth-order valence-electron chi connectivity index (χ4n) is 4.80. The monoisotopic (exact) mass is 536 g/mol. The maximum atomic E-state index is 13.7. The fraction of sp³-hybridized carbons (Fsp3) is 0.458. The van der Waals surface area contributed by atoms with Crippen LogP contribution >= 0.6 is 22.9 Å². The van der Waals surface area contributed by atoms with Crippen molar-refractivity contribution in [2.45, 2.75) is 45.6 Å². The molecule has 2 aromatic heterocycles. The van der Waals surface area contributed by atoms with Crippen LogP contribution in [0.1, 0.15) is 30.7 Å². The molecule has 1 aromatic carbocycles. The van der Waals surface area contributed by atoms with Crippen LogP contribution in [0.4, 0.5) is 5.69 Å². The van der Waals surface area contributed by atoms with Crippen LogP contribution < -0.4 is 10.5 Å². The molecular formula is C24H29ClN4O4S2. The Labute approximate surface area is 214 Å². The Morgan fingerprint density at radius 2 is 1.89 bits per heavy atom. The Morgan fingerprint density at radius 3 is 2.54 bits per heavy atom. The van der Waals surface area contributed by atoms with Gasteiger partial charge in [-0.1, -0.05) is 31.5 Å². The molecule has 1 saturated heterocycles. The number of halogens is 1. The van der Waals surface area contributed by atoms with E-state index >= 15 is 0 Å². The van der Waals surface area contributed by atoms with E-state index in [0.29, 0.717) is 33.5 Å². The van der Waals surface area contributed by atoms with Gasteiger partial charge in [0.1, 0.15) is 16.3 Å². The van der Waals surface area contributed by atoms with Crippen LogP contribution in [-0.2, 0) is 21.4 Å². The predicted molar refractivity (Wildman–Crippen MR) is 140 cm³/mol. The molecule has 1 amide bonds. The van der Waals surface area contributed by atoms with Crippen molar-refractivity contribution in [2.75, 3.05) is 25.0 Å². The average molecular weight is 537 g/mol. The molecule has 4 rings (SSSR count). The number of amides is 1. The highest BCUT2D eigenvalue weighted by Gasteiger charge is 2.36. The van der Waals surface area contributed by atoms with E-state index in [1.807, 2.05) is 26.8 Å². The highest BCUT2D eigenvalue weighted by molar-refractivity contribution is 7.89. The molecule has 0 saturated carbocycles. The molecule has 3 aromatic rings. The Morgan fingerprint density at radius 1 is 1.23 bits per heavy atom. The van der Waals surface area contributed by atoms with Crippen LogP contribution in [-0.4, -0.2) is 48.3 Å². The lowest BCUT2D eigenvalue weighted by atomic mass is 9.94. The normalized spacial score (nSPS) is 19.3.